The second-order valence-electron chi connectivity index (χ2n) is 7.43. The van der Waals surface area contributed by atoms with Crippen molar-refractivity contribution < 1.29 is 4.79 Å². The predicted octanol–water partition coefficient (Wildman–Crippen LogP) is 2.56. The molecule has 0 radical (unpaired) electrons. The zero-order chi connectivity index (χ0) is 20.6. The fraction of sp³-hybridized carbons (Fsp3) is 0.500. The Bertz CT molecular complexity index is 851. The summed E-state index contributed by atoms with van der Waals surface area (Å²) in [4.78, 5) is 18.9. The van der Waals surface area contributed by atoms with Gasteiger partial charge in [0.2, 0.25) is 5.91 Å². The molecule has 1 aromatic carbocycles. The van der Waals surface area contributed by atoms with Gasteiger partial charge in [-0.2, -0.15) is 5.10 Å². The lowest BCUT2D eigenvalue weighted by atomic mass is 10.2. The summed E-state index contributed by atoms with van der Waals surface area (Å²) in [6.07, 6.45) is 2.74. The first-order chi connectivity index (χ1) is 14.1. The zero-order valence-corrected chi connectivity index (χ0v) is 17.7. The first-order valence-corrected chi connectivity index (χ1v) is 10.5. The number of aliphatic imine (C=N–C) groups is 1. The van der Waals surface area contributed by atoms with Gasteiger partial charge in [0.1, 0.15) is 0 Å². The van der Waals surface area contributed by atoms with Crippen LogP contribution in [0.5, 0.6) is 0 Å². The quantitative estimate of drug-likeness (QED) is 0.557. The van der Waals surface area contributed by atoms with E-state index < -0.39 is 0 Å². The van der Waals surface area contributed by atoms with Crippen LogP contribution in [0.15, 0.2) is 35.3 Å². The maximum absolute atomic E-state index is 12.2. The molecule has 3 rings (SSSR count). The predicted molar refractivity (Wildman–Crippen MR) is 116 cm³/mol. The Labute approximate surface area is 173 Å². The van der Waals surface area contributed by atoms with Gasteiger partial charge in [-0.05, 0) is 51.3 Å². The molecule has 1 aliphatic heterocycles. The Morgan fingerprint density at radius 2 is 1.93 bits per heavy atom. The van der Waals surface area contributed by atoms with E-state index in [4.69, 9.17) is 4.99 Å². The molecule has 0 saturated carbocycles. The maximum Gasteiger partial charge on any atom is 0.224 e. The lowest BCUT2D eigenvalue weighted by Gasteiger charge is -2.16. The van der Waals surface area contributed by atoms with Gasteiger partial charge in [0, 0.05) is 38.3 Å². The molecule has 1 amide bonds. The van der Waals surface area contributed by atoms with E-state index in [1.54, 1.807) is 0 Å². The summed E-state index contributed by atoms with van der Waals surface area (Å²) in [6, 6.07) is 10.3. The van der Waals surface area contributed by atoms with Crippen LogP contribution in [0.3, 0.4) is 0 Å². The van der Waals surface area contributed by atoms with Gasteiger partial charge in [-0.15, -0.1) is 0 Å². The number of hydrogen-bond donors (Lipinski definition) is 2. The number of carbonyl (C=O) groups is 1. The summed E-state index contributed by atoms with van der Waals surface area (Å²) in [6.45, 7) is 9.78. The van der Waals surface area contributed by atoms with Crippen molar-refractivity contribution in [2.24, 2.45) is 4.99 Å². The van der Waals surface area contributed by atoms with Crippen molar-refractivity contribution in [1.82, 2.24) is 25.3 Å². The number of likely N-dealkylation sites (tertiary alicyclic amines) is 1. The summed E-state index contributed by atoms with van der Waals surface area (Å²) in [5.41, 5.74) is 4.24. The van der Waals surface area contributed by atoms with E-state index in [1.807, 2.05) is 35.6 Å². The molecule has 2 N–H and O–H groups in total. The highest BCUT2D eigenvalue weighted by Gasteiger charge is 2.17. The van der Waals surface area contributed by atoms with E-state index >= 15 is 0 Å². The lowest BCUT2D eigenvalue weighted by molar-refractivity contribution is -0.129. The van der Waals surface area contributed by atoms with E-state index in [2.05, 4.69) is 40.9 Å². The number of para-hydroxylation sites is 1. The molecule has 1 aromatic heterocycles. The Kier molecular flexibility index (Phi) is 7.27. The first-order valence-electron chi connectivity index (χ1n) is 10.5. The molecule has 0 spiro atoms. The second-order valence-corrected chi connectivity index (χ2v) is 7.43. The monoisotopic (exact) mass is 396 g/mol. The number of benzene rings is 1. The van der Waals surface area contributed by atoms with Gasteiger partial charge in [0.25, 0.3) is 0 Å². The highest BCUT2D eigenvalue weighted by Crippen LogP contribution is 2.17. The topological polar surface area (TPSA) is 74.5 Å². The van der Waals surface area contributed by atoms with Crippen LogP contribution in [-0.2, 0) is 11.3 Å². The summed E-state index contributed by atoms with van der Waals surface area (Å²) < 4.78 is 1.97. The minimum atomic E-state index is 0.223. The molecule has 0 bridgehead atoms. The molecule has 1 aliphatic rings. The van der Waals surface area contributed by atoms with Gasteiger partial charge in [-0.25, -0.2) is 9.67 Å². The third kappa shape index (κ3) is 5.59. The Hall–Kier alpha value is -2.83. The van der Waals surface area contributed by atoms with E-state index in [1.165, 1.54) is 0 Å². The van der Waals surface area contributed by atoms with Crippen LogP contribution in [-0.4, -0.2) is 52.7 Å². The van der Waals surface area contributed by atoms with Gasteiger partial charge in [-0.3, -0.25) is 4.79 Å². The van der Waals surface area contributed by atoms with Crippen molar-refractivity contribution in [3.8, 4) is 5.69 Å². The number of hydrogen-bond acceptors (Lipinski definition) is 3. The average Bonchev–Trinajstić information content (AvgIpc) is 3.36. The molecule has 2 aromatic rings. The number of aromatic nitrogens is 2. The summed E-state index contributed by atoms with van der Waals surface area (Å²) in [5, 5.41) is 11.2. The van der Waals surface area contributed by atoms with E-state index in [0.29, 0.717) is 19.5 Å². The maximum atomic E-state index is 12.2. The highest BCUT2D eigenvalue weighted by atomic mass is 16.2. The normalized spacial score (nSPS) is 14.3. The molecule has 0 aliphatic carbocycles. The van der Waals surface area contributed by atoms with Gasteiger partial charge < -0.3 is 15.5 Å². The molecule has 7 heteroatoms. The standard InChI is InChI=1S/C22H32N6O/c1-4-23-22(24-12-11-21(29)27-13-7-8-14-27)25-16-19-9-5-6-10-20(19)28-18(3)15-17(2)26-28/h5-6,9-10,15H,4,7-8,11-14,16H2,1-3H3,(H2,23,24,25). The summed E-state index contributed by atoms with van der Waals surface area (Å²) in [5.74, 6) is 0.950. The largest absolute Gasteiger partial charge is 0.357 e. The number of rotatable bonds is 7. The minimum absolute atomic E-state index is 0.223. The molecular formula is C22H32N6O. The van der Waals surface area contributed by atoms with Crippen LogP contribution >= 0.6 is 0 Å². The van der Waals surface area contributed by atoms with Crippen molar-refractivity contribution in [2.45, 2.75) is 46.6 Å². The van der Waals surface area contributed by atoms with Crippen molar-refractivity contribution in [1.29, 1.82) is 0 Å². The molecule has 1 saturated heterocycles. The molecule has 0 atom stereocenters. The van der Waals surface area contributed by atoms with Gasteiger partial charge >= 0.3 is 0 Å². The first kappa shape index (κ1) is 20.9. The molecule has 2 heterocycles. The fourth-order valence-corrected chi connectivity index (χ4v) is 3.64. The molecule has 0 unspecified atom stereocenters. The zero-order valence-electron chi connectivity index (χ0n) is 17.7. The summed E-state index contributed by atoms with van der Waals surface area (Å²) in [7, 11) is 0. The second kappa shape index (κ2) is 10.1. The molecule has 7 nitrogen and oxygen atoms in total. The minimum Gasteiger partial charge on any atom is -0.357 e. The number of nitrogens with one attached hydrogen (secondary N) is 2. The Balaban J connectivity index is 1.64. The van der Waals surface area contributed by atoms with E-state index in [0.717, 1.165) is 61.1 Å². The van der Waals surface area contributed by atoms with E-state index in [9.17, 15) is 4.79 Å². The molecule has 156 valence electrons. The molecular weight excluding hydrogens is 364 g/mol. The SMILES string of the molecule is CCNC(=NCc1ccccc1-n1nc(C)cc1C)NCCC(=O)N1CCCC1. The number of guanidine groups is 1. The summed E-state index contributed by atoms with van der Waals surface area (Å²) >= 11 is 0. The van der Waals surface area contributed by atoms with Crippen LogP contribution in [0, 0.1) is 13.8 Å². The lowest BCUT2D eigenvalue weighted by Crippen LogP contribution is -2.39. The molecule has 29 heavy (non-hydrogen) atoms. The molecule has 1 fully saturated rings. The van der Waals surface area contributed by atoms with Crippen molar-refractivity contribution in [3.63, 3.8) is 0 Å². The van der Waals surface area contributed by atoms with Crippen LogP contribution in [0.1, 0.15) is 43.1 Å². The van der Waals surface area contributed by atoms with Crippen molar-refractivity contribution in [3.05, 3.63) is 47.3 Å². The van der Waals surface area contributed by atoms with Gasteiger partial charge in [0.15, 0.2) is 5.96 Å². The third-order valence-corrected chi connectivity index (χ3v) is 5.07. The Morgan fingerprint density at radius 1 is 1.17 bits per heavy atom. The smallest absolute Gasteiger partial charge is 0.224 e. The van der Waals surface area contributed by atoms with Crippen LogP contribution in [0.4, 0.5) is 0 Å². The number of nitrogens with zero attached hydrogens (tertiary/aromatic N) is 4. The third-order valence-electron chi connectivity index (χ3n) is 5.07. The average molecular weight is 397 g/mol. The fourth-order valence-electron chi connectivity index (χ4n) is 3.64. The van der Waals surface area contributed by atoms with Crippen molar-refractivity contribution >= 4 is 11.9 Å². The Morgan fingerprint density at radius 3 is 2.62 bits per heavy atom. The van der Waals surface area contributed by atoms with Gasteiger partial charge in [-0.1, -0.05) is 18.2 Å². The van der Waals surface area contributed by atoms with Crippen LogP contribution in [0.25, 0.3) is 5.69 Å². The van der Waals surface area contributed by atoms with Crippen molar-refractivity contribution in [2.75, 3.05) is 26.2 Å². The van der Waals surface area contributed by atoms with E-state index in [-0.39, 0.29) is 5.91 Å². The number of amides is 1. The van der Waals surface area contributed by atoms with Gasteiger partial charge in [0.05, 0.1) is 17.9 Å². The highest BCUT2D eigenvalue weighted by molar-refractivity contribution is 5.81. The van der Waals surface area contributed by atoms with Crippen LogP contribution < -0.4 is 10.6 Å². The number of aryl methyl sites for hydroxylation is 2. The number of carbonyl (C=O) groups excluding carboxylic acids is 1. The van der Waals surface area contributed by atoms with Crippen LogP contribution in [0.2, 0.25) is 0 Å².